The predicted molar refractivity (Wildman–Crippen MR) is 79.0 cm³/mol. The van der Waals surface area contributed by atoms with Crippen molar-refractivity contribution in [1.82, 2.24) is 24.7 Å². The summed E-state index contributed by atoms with van der Waals surface area (Å²) in [5.74, 6) is -1.21. The second kappa shape index (κ2) is 5.80. The normalized spacial score (nSPS) is 12.1. The minimum Gasteiger partial charge on any atom is -0.250 e. The van der Waals surface area contributed by atoms with E-state index in [2.05, 4.69) is 20.4 Å². The van der Waals surface area contributed by atoms with Crippen LogP contribution in [0, 0.1) is 4.77 Å². The zero-order valence-corrected chi connectivity index (χ0v) is 12.2. The number of halogens is 3. The molecular formula is C13H9F3N6S. The Labute approximate surface area is 132 Å². The SMILES string of the molecule is FC(F)(F)c1n[nH]c(=S)n1/N=C\c1cnn(-c2ccccc2)c1. The van der Waals surface area contributed by atoms with Crippen molar-refractivity contribution in [3.05, 3.63) is 58.9 Å². The Morgan fingerprint density at radius 1 is 1.22 bits per heavy atom. The Morgan fingerprint density at radius 2 is 1.96 bits per heavy atom. The molecule has 1 aromatic carbocycles. The number of hydrogen-bond acceptors (Lipinski definition) is 4. The van der Waals surface area contributed by atoms with Gasteiger partial charge in [-0.25, -0.2) is 9.78 Å². The van der Waals surface area contributed by atoms with Gasteiger partial charge in [0, 0.05) is 11.8 Å². The highest BCUT2D eigenvalue weighted by molar-refractivity contribution is 7.71. The van der Waals surface area contributed by atoms with Crippen molar-refractivity contribution < 1.29 is 13.2 Å². The second-order valence-electron chi connectivity index (χ2n) is 4.46. The van der Waals surface area contributed by atoms with E-state index in [1.165, 1.54) is 12.4 Å². The summed E-state index contributed by atoms with van der Waals surface area (Å²) in [4.78, 5) is 0. The lowest BCUT2D eigenvalue weighted by Gasteiger charge is -2.03. The van der Waals surface area contributed by atoms with Crippen molar-refractivity contribution in [2.45, 2.75) is 6.18 Å². The van der Waals surface area contributed by atoms with Gasteiger partial charge in [0.25, 0.3) is 5.82 Å². The first-order valence-electron chi connectivity index (χ1n) is 6.34. The van der Waals surface area contributed by atoms with Gasteiger partial charge in [0.05, 0.1) is 18.1 Å². The fraction of sp³-hybridized carbons (Fsp3) is 0.0769. The van der Waals surface area contributed by atoms with E-state index >= 15 is 0 Å². The summed E-state index contributed by atoms with van der Waals surface area (Å²) in [6.45, 7) is 0. The van der Waals surface area contributed by atoms with Crippen LogP contribution >= 0.6 is 12.2 Å². The molecule has 0 saturated carbocycles. The molecule has 0 unspecified atom stereocenters. The minimum atomic E-state index is -4.65. The molecule has 3 aromatic rings. The van der Waals surface area contributed by atoms with Gasteiger partial charge >= 0.3 is 6.18 Å². The predicted octanol–water partition coefficient (Wildman–Crippen LogP) is 3.03. The van der Waals surface area contributed by atoms with Crippen LogP contribution in [0.3, 0.4) is 0 Å². The first kappa shape index (κ1) is 15.2. The molecule has 2 aromatic heterocycles. The smallest absolute Gasteiger partial charge is 0.250 e. The number of H-pyrrole nitrogens is 1. The van der Waals surface area contributed by atoms with Gasteiger partial charge in [0.15, 0.2) is 0 Å². The van der Waals surface area contributed by atoms with Crippen LogP contribution in [0.4, 0.5) is 13.2 Å². The molecule has 118 valence electrons. The molecule has 0 radical (unpaired) electrons. The highest BCUT2D eigenvalue weighted by Crippen LogP contribution is 2.27. The molecule has 6 nitrogen and oxygen atoms in total. The molecule has 1 N–H and O–H groups in total. The monoisotopic (exact) mass is 338 g/mol. The molecule has 0 spiro atoms. The summed E-state index contributed by atoms with van der Waals surface area (Å²) < 4.78 is 40.2. The number of para-hydroxylation sites is 1. The lowest BCUT2D eigenvalue weighted by molar-refractivity contribution is -0.147. The lowest BCUT2D eigenvalue weighted by Crippen LogP contribution is -2.12. The maximum absolute atomic E-state index is 12.8. The third-order valence-corrected chi connectivity index (χ3v) is 3.11. The number of rotatable bonds is 3. The van der Waals surface area contributed by atoms with E-state index in [1.54, 1.807) is 10.9 Å². The highest BCUT2D eigenvalue weighted by atomic mass is 32.1. The Bertz CT molecular complexity index is 890. The van der Waals surface area contributed by atoms with Crippen molar-refractivity contribution in [2.24, 2.45) is 5.10 Å². The third-order valence-electron chi connectivity index (χ3n) is 2.85. The third kappa shape index (κ3) is 3.21. The van der Waals surface area contributed by atoms with Crippen LogP contribution < -0.4 is 0 Å². The van der Waals surface area contributed by atoms with Gasteiger partial charge in [0.1, 0.15) is 0 Å². The van der Waals surface area contributed by atoms with Crippen LogP contribution in [0.5, 0.6) is 0 Å². The Morgan fingerprint density at radius 3 is 2.65 bits per heavy atom. The van der Waals surface area contributed by atoms with Crippen LogP contribution in [-0.2, 0) is 6.18 Å². The van der Waals surface area contributed by atoms with Gasteiger partial charge in [-0.3, -0.25) is 0 Å². The molecule has 0 saturated heterocycles. The number of alkyl halides is 3. The van der Waals surface area contributed by atoms with E-state index in [4.69, 9.17) is 12.2 Å². The second-order valence-corrected chi connectivity index (χ2v) is 4.85. The van der Waals surface area contributed by atoms with Crippen LogP contribution in [0.1, 0.15) is 11.4 Å². The summed E-state index contributed by atoms with van der Waals surface area (Å²) >= 11 is 4.75. The first-order valence-corrected chi connectivity index (χ1v) is 6.75. The van der Waals surface area contributed by atoms with Crippen molar-refractivity contribution in [3.8, 4) is 5.69 Å². The topological polar surface area (TPSA) is 63.8 Å². The molecule has 0 aliphatic heterocycles. The quantitative estimate of drug-likeness (QED) is 0.590. The summed E-state index contributed by atoms with van der Waals surface area (Å²) in [6.07, 6.45) is -0.310. The summed E-state index contributed by atoms with van der Waals surface area (Å²) in [6, 6.07) is 9.27. The number of aromatic amines is 1. The van der Waals surface area contributed by atoms with E-state index in [1.807, 2.05) is 30.3 Å². The molecule has 0 aliphatic rings. The molecule has 0 fully saturated rings. The molecule has 0 aliphatic carbocycles. The fourth-order valence-corrected chi connectivity index (χ4v) is 2.01. The van der Waals surface area contributed by atoms with Crippen LogP contribution in [0.15, 0.2) is 47.8 Å². The van der Waals surface area contributed by atoms with Gasteiger partial charge < -0.3 is 0 Å². The summed E-state index contributed by atoms with van der Waals surface area (Å²) in [5, 5.41) is 13.1. The maximum atomic E-state index is 12.8. The van der Waals surface area contributed by atoms with Gasteiger partial charge in [0.2, 0.25) is 4.77 Å². The number of aromatic nitrogens is 5. The lowest BCUT2D eigenvalue weighted by atomic mass is 10.3. The van der Waals surface area contributed by atoms with Crippen LogP contribution in [0.2, 0.25) is 0 Å². The molecule has 2 heterocycles. The Balaban J connectivity index is 1.89. The molecule has 3 rings (SSSR count). The van der Waals surface area contributed by atoms with Crippen LogP contribution in [-0.4, -0.2) is 30.9 Å². The molecule has 23 heavy (non-hydrogen) atoms. The van der Waals surface area contributed by atoms with E-state index in [0.717, 1.165) is 5.69 Å². The van der Waals surface area contributed by atoms with E-state index in [0.29, 0.717) is 10.2 Å². The van der Waals surface area contributed by atoms with Gasteiger partial charge in [-0.2, -0.15) is 28.0 Å². The van der Waals surface area contributed by atoms with Crippen molar-refractivity contribution in [3.63, 3.8) is 0 Å². The number of hydrogen-bond donors (Lipinski definition) is 1. The maximum Gasteiger partial charge on any atom is 0.453 e. The molecule has 0 bridgehead atoms. The molecular weight excluding hydrogens is 329 g/mol. The summed E-state index contributed by atoms with van der Waals surface area (Å²) in [7, 11) is 0. The number of benzene rings is 1. The minimum absolute atomic E-state index is 0.246. The van der Waals surface area contributed by atoms with Crippen molar-refractivity contribution >= 4 is 18.4 Å². The molecule has 0 amide bonds. The van der Waals surface area contributed by atoms with Gasteiger partial charge in [-0.15, -0.1) is 5.10 Å². The van der Waals surface area contributed by atoms with E-state index in [-0.39, 0.29) is 4.77 Å². The average molecular weight is 338 g/mol. The fourth-order valence-electron chi connectivity index (χ4n) is 1.83. The van der Waals surface area contributed by atoms with E-state index < -0.39 is 12.0 Å². The summed E-state index contributed by atoms with van der Waals surface area (Å²) in [5.41, 5.74) is 1.34. The van der Waals surface area contributed by atoms with Gasteiger partial charge in [-0.1, -0.05) is 18.2 Å². The van der Waals surface area contributed by atoms with Crippen molar-refractivity contribution in [1.29, 1.82) is 0 Å². The zero-order chi connectivity index (χ0) is 16.4. The largest absolute Gasteiger partial charge is 0.453 e. The van der Waals surface area contributed by atoms with E-state index in [9.17, 15) is 13.2 Å². The highest BCUT2D eigenvalue weighted by Gasteiger charge is 2.37. The Hall–Kier alpha value is -2.75. The Kier molecular flexibility index (Phi) is 3.82. The van der Waals surface area contributed by atoms with Gasteiger partial charge in [-0.05, 0) is 24.4 Å². The zero-order valence-electron chi connectivity index (χ0n) is 11.4. The van der Waals surface area contributed by atoms with Crippen LogP contribution in [0.25, 0.3) is 5.69 Å². The average Bonchev–Trinajstić information content (AvgIpc) is 3.12. The number of nitrogens with zero attached hydrogens (tertiary/aromatic N) is 5. The molecule has 10 heteroatoms. The standard InChI is InChI=1S/C13H9F3N6S/c14-13(15,16)11-19-20-12(23)22(11)18-7-9-6-17-21(8-9)10-4-2-1-3-5-10/h1-8H,(H,20,23)/b18-7-. The first-order chi connectivity index (χ1) is 10.9. The molecule has 0 atom stereocenters. The number of nitrogens with one attached hydrogen (secondary N) is 1. The van der Waals surface area contributed by atoms with Crippen molar-refractivity contribution in [2.75, 3.05) is 0 Å².